The summed E-state index contributed by atoms with van der Waals surface area (Å²) >= 11 is 0.575. The lowest BCUT2D eigenvalue weighted by molar-refractivity contribution is 0.0602. The van der Waals surface area contributed by atoms with E-state index in [4.69, 9.17) is 0 Å². The van der Waals surface area contributed by atoms with Gasteiger partial charge in [-0.05, 0) is 34.5 Å². The van der Waals surface area contributed by atoms with E-state index in [0.717, 1.165) is 10.8 Å². The lowest BCUT2D eigenvalue weighted by atomic mass is 10.0. The molecule has 0 amide bonds. The van der Waals surface area contributed by atoms with Crippen molar-refractivity contribution >= 4 is 22.5 Å². The highest BCUT2D eigenvalue weighted by Gasteiger charge is 2.41. The molecular formula is C21H19F2NS. The minimum atomic E-state index is -3.01. The van der Waals surface area contributed by atoms with E-state index in [-0.39, 0.29) is 0 Å². The van der Waals surface area contributed by atoms with Gasteiger partial charge in [-0.25, -0.2) is 0 Å². The summed E-state index contributed by atoms with van der Waals surface area (Å²) in [5.74, 6) is 0. The summed E-state index contributed by atoms with van der Waals surface area (Å²) in [6, 6.07) is 20.9. The van der Waals surface area contributed by atoms with Crippen molar-refractivity contribution in [2.24, 2.45) is 0 Å². The summed E-state index contributed by atoms with van der Waals surface area (Å²) in [5.41, 5.74) is 0.564. The zero-order valence-corrected chi connectivity index (χ0v) is 14.5. The van der Waals surface area contributed by atoms with Crippen LogP contribution in [0.1, 0.15) is 11.6 Å². The standard InChI is InChI=1S/C21H19F2NS/c1-2-14-24-20(21(22,23)25-19-10-4-3-5-11-19)18-13-12-16-8-6-7-9-17(16)15-18/h2-13,15,20,24H,1,14H2/t20-/m0/s1. The van der Waals surface area contributed by atoms with Gasteiger partial charge in [-0.15, -0.1) is 6.58 Å². The van der Waals surface area contributed by atoms with Crippen molar-refractivity contribution in [1.82, 2.24) is 5.32 Å². The molecule has 25 heavy (non-hydrogen) atoms. The second-order valence-electron chi connectivity index (χ2n) is 5.71. The van der Waals surface area contributed by atoms with Crippen LogP contribution in [0, 0.1) is 0 Å². The molecule has 0 aliphatic carbocycles. The lowest BCUT2D eigenvalue weighted by Crippen LogP contribution is -2.35. The molecule has 1 nitrogen and oxygen atoms in total. The molecule has 0 bridgehead atoms. The third-order valence-corrected chi connectivity index (χ3v) is 4.92. The fraction of sp³-hybridized carbons (Fsp3) is 0.143. The fourth-order valence-corrected chi connectivity index (χ4v) is 3.67. The molecule has 128 valence electrons. The SMILES string of the molecule is C=CCN[C@@H](c1ccc2ccccc2c1)C(F)(F)Sc1ccccc1. The van der Waals surface area contributed by atoms with Crippen molar-refractivity contribution in [2.75, 3.05) is 6.54 Å². The van der Waals surface area contributed by atoms with Crippen LogP contribution in [0.5, 0.6) is 0 Å². The van der Waals surface area contributed by atoms with Gasteiger partial charge in [0.2, 0.25) is 0 Å². The Morgan fingerprint density at radius 1 is 0.960 bits per heavy atom. The minimum Gasteiger partial charge on any atom is -0.301 e. The van der Waals surface area contributed by atoms with E-state index in [1.54, 1.807) is 36.4 Å². The molecule has 0 saturated heterocycles. The zero-order valence-electron chi connectivity index (χ0n) is 13.7. The molecule has 0 aromatic heterocycles. The van der Waals surface area contributed by atoms with E-state index in [2.05, 4.69) is 11.9 Å². The summed E-state index contributed by atoms with van der Waals surface area (Å²) in [7, 11) is 0. The summed E-state index contributed by atoms with van der Waals surface area (Å²) in [6.45, 7) is 3.94. The van der Waals surface area contributed by atoms with Crippen LogP contribution in [-0.2, 0) is 0 Å². The number of hydrogen-bond acceptors (Lipinski definition) is 2. The average molecular weight is 355 g/mol. The van der Waals surface area contributed by atoms with Gasteiger partial charge in [0, 0.05) is 11.4 Å². The predicted octanol–water partition coefficient (Wildman–Crippen LogP) is 6.04. The maximum Gasteiger partial charge on any atom is 0.317 e. The Morgan fingerprint density at radius 3 is 2.36 bits per heavy atom. The highest BCUT2D eigenvalue weighted by atomic mass is 32.2. The first-order valence-corrected chi connectivity index (χ1v) is 8.86. The van der Waals surface area contributed by atoms with Gasteiger partial charge in [0.05, 0.1) is 0 Å². The molecule has 0 saturated carbocycles. The highest BCUT2D eigenvalue weighted by Crippen LogP contribution is 2.45. The van der Waals surface area contributed by atoms with Gasteiger partial charge >= 0.3 is 5.25 Å². The molecule has 1 atom stereocenters. The first-order chi connectivity index (χ1) is 12.1. The van der Waals surface area contributed by atoms with Gasteiger partial charge in [0.15, 0.2) is 0 Å². The molecule has 3 rings (SSSR count). The van der Waals surface area contributed by atoms with Gasteiger partial charge in [0.1, 0.15) is 6.04 Å². The zero-order chi connectivity index (χ0) is 17.7. The topological polar surface area (TPSA) is 12.0 Å². The van der Waals surface area contributed by atoms with Crippen molar-refractivity contribution in [3.63, 3.8) is 0 Å². The monoisotopic (exact) mass is 355 g/mol. The molecule has 1 N–H and O–H groups in total. The van der Waals surface area contributed by atoms with E-state index in [9.17, 15) is 0 Å². The van der Waals surface area contributed by atoms with Gasteiger partial charge < -0.3 is 5.32 Å². The summed E-state index contributed by atoms with van der Waals surface area (Å²) in [4.78, 5) is 0.540. The second-order valence-corrected chi connectivity index (χ2v) is 6.93. The van der Waals surface area contributed by atoms with Crippen molar-refractivity contribution in [2.45, 2.75) is 16.2 Å². The van der Waals surface area contributed by atoms with Crippen LogP contribution in [0.25, 0.3) is 10.8 Å². The first kappa shape index (κ1) is 17.6. The maximum absolute atomic E-state index is 15.0. The van der Waals surface area contributed by atoms with Crippen molar-refractivity contribution < 1.29 is 8.78 Å². The Kier molecular flexibility index (Phi) is 5.51. The quantitative estimate of drug-likeness (QED) is 0.409. The molecular weight excluding hydrogens is 336 g/mol. The number of hydrogen-bond donors (Lipinski definition) is 1. The molecule has 4 heteroatoms. The van der Waals surface area contributed by atoms with Crippen LogP contribution in [0.4, 0.5) is 8.78 Å². The van der Waals surface area contributed by atoms with Crippen LogP contribution < -0.4 is 5.32 Å². The van der Waals surface area contributed by atoms with E-state index >= 15 is 8.78 Å². The van der Waals surface area contributed by atoms with Gasteiger partial charge in [0.25, 0.3) is 0 Å². The molecule has 0 aliphatic heterocycles. The summed E-state index contributed by atoms with van der Waals surface area (Å²) < 4.78 is 30.1. The normalized spacial score (nSPS) is 12.9. The maximum atomic E-state index is 15.0. The smallest absolute Gasteiger partial charge is 0.301 e. The third-order valence-electron chi connectivity index (χ3n) is 3.91. The number of halogens is 2. The molecule has 3 aromatic rings. The lowest BCUT2D eigenvalue weighted by Gasteiger charge is -2.27. The van der Waals surface area contributed by atoms with E-state index in [1.807, 2.05) is 42.5 Å². The van der Waals surface area contributed by atoms with Crippen LogP contribution in [0.2, 0.25) is 0 Å². The van der Waals surface area contributed by atoms with Crippen molar-refractivity contribution in [3.05, 3.63) is 91.0 Å². The first-order valence-electron chi connectivity index (χ1n) is 8.05. The number of alkyl halides is 2. The molecule has 0 spiro atoms. The van der Waals surface area contributed by atoms with Gasteiger partial charge in [-0.3, -0.25) is 0 Å². The van der Waals surface area contributed by atoms with Crippen molar-refractivity contribution in [1.29, 1.82) is 0 Å². The van der Waals surface area contributed by atoms with Crippen molar-refractivity contribution in [3.8, 4) is 0 Å². The Hall–Kier alpha value is -2.17. The molecule has 0 unspecified atom stereocenters. The van der Waals surface area contributed by atoms with Crippen LogP contribution in [0.3, 0.4) is 0 Å². The van der Waals surface area contributed by atoms with Crippen LogP contribution in [-0.4, -0.2) is 11.8 Å². The van der Waals surface area contributed by atoms with Gasteiger partial charge in [-0.2, -0.15) is 8.78 Å². The predicted molar refractivity (Wildman–Crippen MR) is 102 cm³/mol. The van der Waals surface area contributed by atoms with Crippen LogP contribution in [0.15, 0.2) is 90.3 Å². The summed E-state index contributed by atoms with van der Waals surface area (Å²) in [5, 5.41) is 1.90. The van der Waals surface area contributed by atoms with E-state index < -0.39 is 11.3 Å². The van der Waals surface area contributed by atoms with Gasteiger partial charge in [-0.1, -0.05) is 72.4 Å². The number of benzene rings is 3. The highest BCUT2D eigenvalue weighted by molar-refractivity contribution is 8.00. The summed E-state index contributed by atoms with van der Waals surface area (Å²) in [6.07, 6.45) is 1.59. The second kappa shape index (κ2) is 7.81. The molecule has 3 aromatic carbocycles. The largest absolute Gasteiger partial charge is 0.317 e. The Bertz CT molecular complexity index is 849. The number of fused-ring (bicyclic) bond motifs is 1. The van der Waals surface area contributed by atoms with Crippen LogP contribution >= 0.6 is 11.8 Å². The molecule has 0 fully saturated rings. The fourth-order valence-electron chi connectivity index (χ4n) is 2.72. The number of nitrogens with one attached hydrogen (secondary N) is 1. The Balaban J connectivity index is 1.95. The molecule has 0 heterocycles. The Morgan fingerprint density at radius 2 is 1.64 bits per heavy atom. The number of rotatable bonds is 7. The third kappa shape index (κ3) is 4.27. The minimum absolute atomic E-state index is 0.308. The Labute approximate surface area is 150 Å². The van der Waals surface area contributed by atoms with E-state index in [1.165, 1.54) is 0 Å². The molecule has 0 radical (unpaired) electrons. The average Bonchev–Trinajstić information content (AvgIpc) is 2.62. The number of thioether (sulfide) groups is 1. The molecule has 0 aliphatic rings. The van der Waals surface area contributed by atoms with E-state index in [0.29, 0.717) is 28.8 Å².